The number of carbonyl (C=O) groups excluding carboxylic acids is 2. The lowest BCUT2D eigenvalue weighted by molar-refractivity contribution is -0.122. The summed E-state index contributed by atoms with van der Waals surface area (Å²) in [6.07, 6.45) is 3.35. The SMILES string of the molecule is CCCCc1ccc(N2CC(C(=O)Nc3ccc(OC)c(S(=O)(=O)N(C)C)c3)CC2=O)cc1. The summed E-state index contributed by atoms with van der Waals surface area (Å²) in [6.45, 7) is 2.42. The lowest BCUT2D eigenvalue weighted by Crippen LogP contribution is -2.28. The van der Waals surface area contributed by atoms with Gasteiger partial charge in [0, 0.05) is 38.4 Å². The molecule has 0 spiro atoms. The third-order valence-corrected chi connectivity index (χ3v) is 7.59. The van der Waals surface area contributed by atoms with Gasteiger partial charge in [0.05, 0.1) is 13.0 Å². The van der Waals surface area contributed by atoms with Crippen molar-refractivity contribution in [3.8, 4) is 5.75 Å². The molecule has 0 aromatic heterocycles. The number of carbonyl (C=O) groups is 2. The number of nitrogens with zero attached hydrogens (tertiary/aromatic N) is 2. The maximum Gasteiger partial charge on any atom is 0.246 e. The molecule has 1 atom stereocenters. The molecule has 33 heavy (non-hydrogen) atoms. The molecule has 0 bridgehead atoms. The van der Waals surface area contributed by atoms with E-state index < -0.39 is 15.9 Å². The number of unbranched alkanes of at least 4 members (excludes halogenated alkanes) is 1. The molecule has 2 amide bonds. The van der Waals surface area contributed by atoms with Crippen molar-refractivity contribution in [2.75, 3.05) is 38.0 Å². The van der Waals surface area contributed by atoms with Crippen molar-refractivity contribution < 1.29 is 22.7 Å². The van der Waals surface area contributed by atoms with Crippen molar-refractivity contribution in [3.63, 3.8) is 0 Å². The average Bonchev–Trinajstić information content (AvgIpc) is 3.19. The van der Waals surface area contributed by atoms with Crippen molar-refractivity contribution in [3.05, 3.63) is 48.0 Å². The number of benzene rings is 2. The number of nitrogens with one attached hydrogen (secondary N) is 1. The van der Waals surface area contributed by atoms with Crippen LogP contribution in [-0.4, -0.2) is 52.3 Å². The van der Waals surface area contributed by atoms with Crippen LogP contribution in [0.1, 0.15) is 31.7 Å². The largest absolute Gasteiger partial charge is 0.495 e. The van der Waals surface area contributed by atoms with Crippen LogP contribution in [0.5, 0.6) is 5.75 Å². The van der Waals surface area contributed by atoms with E-state index in [4.69, 9.17) is 4.74 Å². The number of ether oxygens (including phenoxy) is 1. The molecule has 1 aliphatic heterocycles. The summed E-state index contributed by atoms with van der Waals surface area (Å²) in [5.41, 5.74) is 2.33. The number of hydrogen-bond acceptors (Lipinski definition) is 5. The van der Waals surface area contributed by atoms with Gasteiger partial charge < -0.3 is 15.0 Å². The van der Waals surface area contributed by atoms with E-state index in [2.05, 4.69) is 12.2 Å². The number of hydrogen-bond donors (Lipinski definition) is 1. The molecule has 1 saturated heterocycles. The summed E-state index contributed by atoms with van der Waals surface area (Å²) in [7, 11) is 0.472. The fourth-order valence-corrected chi connectivity index (χ4v) is 4.83. The van der Waals surface area contributed by atoms with Gasteiger partial charge in [-0.25, -0.2) is 12.7 Å². The molecule has 9 heteroatoms. The van der Waals surface area contributed by atoms with Crippen LogP contribution < -0.4 is 15.0 Å². The highest BCUT2D eigenvalue weighted by molar-refractivity contribution is 7.89. The van der Waals surface area contributed by atoms with Gasteiger partial charge in [0.15, 0.2) is 0 Å². The molecule has 8 nitrogen and oxygen atoms in total. The number of methoxy groups -OCH3 is 1. The smallest absolute Gasteiger partial charge is 0.246 e. The monoisotopic (exact) mass is 473 g/mol. The first-order chi connectivity index (χ1) is 15.7. The van der Waals surface area contributed by atoms with Crippen LogP contribution in [0.25, 0.3) is 0 Å². The molecule has 1 fully saturated rings. The van der Waals surface area contributed by atoms with Gasteiger partial charge in [-0.15, -0.1) is 0 Å². The minimum absolute atomic E-state index is 0.0416. The van der Waals surface area contributed by atoms with Crippen LogP contribution in [-0.2, 0) is 26.0 Å². The highest BCUT2D eigenvalue weighted by atomic mass is 32.2. The van der Waals surface area contributed by atoms with Crippen LogP contribution >= 0.6 is 0 Å². The Kier molecular flexibility index (Phi) is 7.76. The van der Waals surface area contributed by atoms with Crippen molar-refractivity contribution in [1.82, 2.24) is 4.31 Å². The highest BCUT2D eigenvalue weighted by Gasteiger charge is 2.35. The standard InChI is InChI=1S/C24H31N3O5S/c1-5-6-7-17-8-11-20(12-9-17)27-16-18(14-23(27)28)24(29)25-19-10-13-21(32-4)22(15-19)33(30,31)26(2)3/h8-13,15,18H,5-7,14,16H2,1-4H3,(H,25,29). The average molecular weight is 474 g/mol. The van der Waals surface area contributed by atoms with Crippen LogP contribution in [0.4, 0.5) is 11.4 Å². The maximum atomic E-state index is 12.9. The van der Waals surface area contributed by atoms with Gasteiger partial charge in [0.1, 0.15) is 10.6 Å². The van der Waals surface area contributed by atoms with E-state index in [0.717, 1.165) is 29.3 Å². The molecule has 3 rings (SSSR count). The summed E-state index contributed by atoms with van der Waals surface area (Å²) in [5, 5.41) is 2.76. The van der Waals surface area contributed by atoms with E-state index in [1.54, 1.807) is 11.0 Å². The van der Waals surface area contributed by atoms with Crippen molar-refractivity contribution in [1.29, 1.82) is 0 Å². The number of amides is 2. The molecule has 178 valence electrons. The van der Waals surface area contributed by atoms with Gasteiger partial charge in [0.25, 0.3) is 0 Å². The lowest BCUT2D eigenvalue weighted by Gasteiger charge is -2.18. The van der Waals surface area contributed by atoms with Crippen LogP contribution in [0, 0.1) is 5.92 Å². The van der Waals surface area contributed by atoms with E-state index >= 15 is 0 Å². The third-order valence-electron chi connectivity index (χ3n) is 5.75. The van der Waals surface area contributed by atoms with E-state index in [1.807, 2.05) is 24.3 Å². The molecule has 2 aromatic carbocycles. The van der Waals surface area contributed by atoms with Crippen LogP contribution in [0.15, 0.2) is 47.4 Å². The zero-order valence-electron chi connectivity index (χ0n) is 19.5. The fraction of sp³-hybridized carbons (Fsp3) is 0.417. The summed E-state index contributed by atoms with van der Waals surface area (Å²) in [5.74, 6) is -0.787. The maximum absolute atomic E-state index is 12.9. The number of sulfonamides is 1. The Bertz CT molecular complexity index is 1110. The lowest BCUT2D eigenvalue weighted by atomic mass is 10.1. The molecule has 1 unspecified atom stereocenters. The van der Waals surface area contributed by atoms with Gasteiger partial charge in [-0.05, 0) is 48.7 Å². The molecule has 1 heterocycles. The highest BCUT2D eigenvalue weighted by Crippen LogP contribution is 2.30. The Morgan fingerprint density at radius 2 is 1.88 bits per heavy atom. The van der Waals surface area contributed by atoms with Gasteiger partial charge in [-0.3, -0.25) is 9.59 Å². The molecule has 2 aromatic rings. The van der Waals surface area contributed by atoms with E-state index in [1.165, 1.54) is 38.9 Å². The summed E-state index contributed by atoms with van der Waals surface area (Å²) in [6, 6.07) is 12.3. The number of rotatable bonds is 9. The molecular weight excluding hydrogens is 442 g/mol. The van der Waals surface area contributed by atoms with Crippen LogP contribution in [0.2, 0.25) is 0 Å². The Hall–Kier alpha value is -2.91. The van der Waals surface area contributed by atoms with E-state index in [9.17, 15) is 18.0 Å². The zero-order chi connectivity index (χ0) is 24.2. The molecule has 0 aliphatic carbocycles. The summed E-state index contributed by atoms with van der Waals surface area (Å²) < 4.78 is 31.5. The number of aryl methyl sites for hydroxylation is 1. The Balaban J connectivity index is 1.72. The number of anilines is 2. The first-order valence-corrected chi connectivity index (χ1v) is 12.4. The quantitative estimate of drug-likeness (QED) is 0.603. The van der Waals surface area contributed by atoms with E-state index in [0.29, 0.717) is 5.69 Å². The molecule has 0 radical (unpaired) electrons. The molecular formula is C24H31N3O5S. The zero-order valence-corrected chi connectivity index (χ0v) is 20.3. The van der Waals surface area contributed by atoms with Crippen molar-refractivity contribution in [2.45, 2.75) is 37.5 Å². The third kappa shape index (κ3) is 5.54. The minimum Gasteiger partial charge on any atom is -0.495 e. The second-order valence-corrected chi connectivity index (χ2v) is 10.4. The molecule has 1 N–H and O–H groups in total. The van der Waals surface area contributed by atoms with E-state index in [-0.39, 0.29) is 35.4 Å². The fourth-order valence-electron chi connectivity index (χ4n) is 3.75. The molecule has 1 aliphatic rings. The predicted molar refractivity (Wildman–Crippen MR) is 128 cm³/mol. The normalized spacial score (nSPS) is 16.3. The van der Waals surface area contributed by atoms with Gasteiger partial charge >= 0.3 is 0 Å². The Morgan fingerprint density at radius 1 is 1.18 bits per heavy atom. The minimum atomic E-state index is -3.77. The van der Waals surface area contributed by atoms with Gasteiger partial charge in [-0.2, -0.15) is 0 Å². The van der Waals surface area contributed by atoms with Gasteiger partial charge in [-0.1, -0.05) is 25.5 Å². The first-order valence-electron chi connectivity index (χ1n) is 11.0. The van der Waals surface area contributed by atoms with Crippen molar-refractivity contribution >= 4 is 33.2 Å². The van der Waals surface area contributed by atoms with Crippen LogP contribution in [0.3, 0.4) is 0 Å². The second kappa shape index (κ2) is 10.4. The molecule has 0 saturated carbocycles. The van der Waals surface area contributed by atoms with Crippen molar-refractivity contribution in [2.24, 2.45) is 5.92 Å². The topological polar surface area (TPSA) is 96.0 Å². The first kappa shape index (κ1) is 24.7. The summed E-state index contributed by atoms with van der Waals surface area (Å²) in [4.78, 5) is 27.1. The van der Waals surface area contributed by atoms with Gasteiger partial charge in [0.2, 0.25) is 21.8 Å². The summed E-state index contributed by atoms with van der Waals surface area (Å²) >= 11 is 0. The Morgan fingerprint density at radius 3 is 2.48 bits per heavy atom. The Labute approximate surface area is 195 Å². The predicted octanol–water partition coefficient (Wildman–Crippen LogP) is 3.28. The second-order valence-electron chi connectivity index (χ2n) is 8.32.